The Bertz CT molecular complexity index is 501. The monoisotopic (exact) mass is 288 g/mol. The van der Waals surface area contributed by atoms with Crippen LogP contribution >= 0.6 is 0 Å². The highest BCUT2D eigenvalue weighted by Crippen LogP contribution is 2.24. The molecule has 1 aromatic rings. The number of esters is 1. The van der Waals surface area contributed by atoms with Crippen molar-refractivity contribution in [3.63, 3.8) is 0 Å². The number of carbonyl (C=O) groups is 1. The first-order chi connectivity index (χ1) is 10.2. The van der Waals surface area contributed by atoms with Gasteiger partial charge < -0.3 is 9.47 Å². The van der Waals surface area contributed by atoms with Crippen molar-refractivity contribution in [2.24, 2.45) is 0 Å². The summed E-state index contributed by atoms with van der Waals surface area (Å²) in [6, 6.07) is 8.05. The summed E-state index contributed by atoms with van der Waals surface area (Å²) in [5.41, 5.74) is 2.40. The third kappa shape index (κ3) is 6.30. The molecule has 3 heteroatoms. The van der Waals surface area contributed by atoms with E-state index in [1.54, 1.807) is 7.11 Å². The lowest BCUT2D eigenvalue weighted by atomic mass is 9.99. The van der Waals surface area contributed by atoms with Crippen LogP contribution < -0.4 is 4.74 Å². The zero-order valence-corrected chi connectivity index (χ0v) is 13.1. The van der Waals surface area contributed by atoms with Crippen LogP contribution in [0.15, 0.2) is 42.5 Å². The van der Waals surface area contributed by atoms with Crippen LogP contribution in [0, 0.1) is 0 Å². The molecule has 0 fully saturated rings. The van der Waals surface area contributed by atoms with Crippen molar-refractivity contribution in [3.05, 3.63) is 48.1 Å². The maximum atomic E-state index is 11.1. The minimum atomic E-state index is -0.226. The fourth-order valence-electron chi connectivity index (χ4n) is 1.95. The van der Waals surface area contributed by atoms with Crippen molar-refractivity contribution in [1.82, 2.24) is 0 Å². The number of rotatable bonds is 8. The molecule has 0 amide bonds. The second kappa shape index (κ2) is 9.81. The second-order valence-corrected chi connectivity index (χ2v) is 4.74. The molecule has 1 aromatic carbocycles. The molecule has 0 aliphatic heterocycles. The Morgan fingerprint density at radius 3 is 2.76 bits per heavy atom. The van der Waals surface area contributed by atoms with Gasteiger partial charge in [-0.15, -0.1) is 0 Å². The Hall–Kier alpha value is -2.03. The van der Waals surface area contributed by atoms with E-state index in [9.17, 15) is 4.79 Å². The molecular weight excluding hydrogens is 264 g/mol. The van der Waals surface area contributed by atoms with Gasteiger partial charge in [-0.3, -0.25) is 4.79 Å². The fraction of sp³-hybridized carbons (Fsp3) is 0.389. The van der Waals surface area contributed by atoms with Crippen LogP contribution in [0.5, 0.6) is 5.75 Å². The Morgan fingerprint density at radius 1 is 1.29 bits per heavy atom. The highest BCUT2D eigenvalue weighted by atomic mass is 16.5. The molecular formula is C18H24O3. The normalized spacial score (nSPS) is 11.7. The van der Waals surface area contributed by atoms with Gasteiger partial charge in [0, 0.05) is 0 Å². The summed E-state index contributed by atoms with van der Waals surface area (Å²) in [6.45, 7) is 2.18. The number of unbranched alkanes of at least 4 members (excludes halogenated alkanes) is 1. The highest BCUT2D eigenvalue weighted by molar-refractivity contribution is 5.71. The van der Waals surface area contributed by atoms with Gasteiger partial charge in [0.25, 0.3) is 0 Å². The number of hydrogen-bond donors (Lipinski definition) is 0. The standard InChI is InChI=1S/C18H24O3/c1-4-5-9-15(10-6-7-13-18(19)21-3)16-11-8-12-17(14-16)20-2/h6-8,10-12,14H,4-5,9,13H2,1-3H3/b7-6+,15-10-. The smallest absolute Gasteiger partial charge is 0.309 e. The summed E-state index contributed by atoms with van der Waals surface area (Å²) >= 11 is 0. The van der Waals surface area contributed by atoms with E-state index in [4.69, 9.17) is 4.74 Å². The van der Waals surface area contributed by atoms with E-state index >= 15 is 0 Å². The summed E-state index contributed by atoms with van der Waals surface area (Å²) in [5.74, 6) is 0.629. The van der Waals surface area contributed by atoms with Gasteiger partial charge in [-0.2, -0.15) is 0 Å². The van der Waals surface area contributed by atoms with Crippen molar-refractivity contribution < 1.29 is 14.3 Å². The molecule has 0 spiro atoms. The molecule has 1 rings (SSSR count). The lowest BCUT2D eigenvalue weighted by Crippen LogP contribution is -1.96. The molecule has 3 nitrogen and oxygen atoms in total. The van der Waals surface area contributed by atoms with Gasteiger partial charge in [-0.05, 0) is 36.1 Å². The number of benzene rings is 1. The second-order valence-electron chi connectivity index (χ2n) is 4.74. The predicted octanol–water partition coefficient (Wildman–Crippen LogP) is 4.39. The van der Waals surface area contributed by atoms with Crippen LogP contribution in [-0.4, -0.2) is 20.2 Å². The molecule has 0 N–H and O–H groups in total. The van der Waals surface area contributed by atoms with Crippen LogP contribution in [0.4, 0.5) is 0 Å². The zero-order chi connectivity index (χ0) is 15.5. The van der Waals surface area contributed by atoms with E-state index in [1.807, 2.05) is 30.4 Å². The Kier molecular flexibility index (Phi) is 7.95. The number of methoxy groups -OCH3 is 2. The summed E-state index contributed by atoms with van der Waals surface area (Å²) < 4.78 is 9.88. The van der Waals surface area contributed by atoms with E-state index in [-0.39, 0.29) is 5.97 Å². The van der Waals surface area contributed by atoms with E-state index in [0.29, 0.717) is 6.42 Å². The van der Waals surface area contributed by atoms with Crippen LogP contribution in [0.3, 0.4) is 0 Å². The minimum absolute atomic E-state index is 0.226. The minimum Gasteiger partial charge on any atom is -0.497 e. The lowest BCUT2D eigenvalue weighted by molar-refractivity contribution is -0.139. The molecule has 0 bridgehead atoms. The highest BCUT2D eigenvalue weighted by Gasteiger charge is 2.02. The van der Waals surface area contributed by atoms with Crippen molar-refractivity contribution in [1.29, 1.82) is 0 Å². The average molecular weight is 288 g/mol. The van der Waals surface area contributed by atoms with Crippen molar-refractivity contribution >= 4 is 11.5 Å². The van der Waals surface area contributed by atoms with Crippen molar-refractivity contribution in [3.8, 4) is 5.75 Å². The van der Waals surface area contributed by atoms with Gasteiger partial charge in [0.1, 0.15) is 5.75 Å². The Morgan fingerprint density at radius 2 is 2.10 bits per heavy atom. The first-order valence-corrected chi connectivity index (χ1v) is 7.28. The third-order valence-corrected chi connectivity index (χ3v) is 3.19. The molecule has 0 saturated heterocycles. The van der Waals surface area contributed by atoms with Crippen LogP contribution in [-0.2, 0) is 9.53 Å². The molecule has 0 heterocycles. The summed E-state index contributed by atoms with van der Waals surface area (Å²) in [4.78, 5) is 11.1. The Labute approximate surface area is 127 Å². The Balaban J connectivity index is 2.85. The topological polar surface area (TPSA) is 35.5 Å². The summed E-state index contributed by atoms with van der Waals surface area (Å²) in [5, 5.41) is 0. The third-order valence-electron chi connectivity index (χ3n) is 3.19. The predicted molar refractivity (Wildman–Crippen MR) is 86.3 cm³/mol. The van der Waals surface area contributed by atoms with Crippen LogP contribution in [0.2, 0.25) is 0 Å². The number of carbonyl (C=O) groups excluding carboxylic acids is 1. The van der Waals surface area contributed by atoms with Gasteiger partial charge in [0.2, 0.25) is 0 Å². The van der Waals surface area contributed by atoms with E-state index in [1.165, 1.54) is 12.7 Å². The number of hydrogen-bond acceptors (Lipinski definition) is 3. The van der Waals surface area contributed by atoms with E-state index in [0.717, 1.165) is 30.6 Å². The van der Waals surface area contributed by atoms with E-state index in [2.05, 4.69) is 23.8 Å². The lowest BCUT2D eigenvalue weighted by Gasteiger charge is -2.08. The van der Waals surface area contributed by atoms with Gasteiger partial charge >= 0.3 is 5.97 Å². The SMILES string of the molecule is CCCC/C(=C/C=C/CC(=O)OC)c1cccc(OC)c1. The van der Waals surface area contributed by atoms with Crippen LogP contribution in [0.1, 0.15) is 38.2 Å². The van der Waals surface area contributed by atoms with Gasteiger partial charge in [0.05, 0.1) is 20.6 Å². The molecule has 0 atom stereocenters. The first kappa shape index (κ1) is 17.0. The molecule has 21 heavy (non-hydrogen) atoms. The number of allylic oxidation sites excluding steroid dienone is 3. The summed E-state index contributed by atoms with van der Waals surface area (Å²) in [6.07, 6.45) is 9.38. The quantitative estimate of drug-likeness (QED) is 0.526. The van der Waals surface area contributed by atoms with Crippen molar-refractivity contribution in [2.45, 2.75) is 32.6 Å². The summed E-state index contributed by atoms with van der Waals surface area (Å²) in [7, 11) is 3.07. The molecule has 114 valence electrons. The molecule has 0 aliphatic rings. The van der Waals surface area contributed by atoms with E-state index < -0.39 is 0 Å². The maximum absolute atomic E-state index is 11.1. The van der Waals surface area contributed by atoms with Gasteiger partial charge in [-0.1, -0.05) is 43.7 Å². The molecule has 0 radical (unpaired) electrons. The maximum Gasteiger partial charge on any atom is 0.309 e. The van der Waals surface area contributed by atoms with Crippen molar-refractivity contribution in [2.75, 3.05) is 14.2 Å². The largest absolute Gasteiger partial charge is 0.497 e. The number of ether oxygens (including phenoxy) is 2. The molecule has 0 aliphatic carbocycles. The van der Waals surface area contributed by atoms with Gasteiger partial charge in [0.15, 0.2) is 0 Å². The molecule has 0 unspecified atom stereocenters. The van der Waals surface area contributed by atoms with Crippen LogP contribution in [0.25, 0.3) is 5.57 Å². The fourth-order valence-corrected chi connectivity index (χ4v) is 1.95. The molecule has 0 aromatic heterocycles. The average Bonchev–Trinajstić information content (AvgIpc) is 2.53. The zero-order valence-electron chi connectivity index (χ0n) is 13.1. The molecule has 0 saturated carbocycles. The first-order valence-electron chi connectivity index (χ1n) is 7.28. The van der Waals surface area contributed by atoms with Gasteiger partial charge in [-0.25, -0.2) is 0 Å².